The van der Waals surface area contributed by atoms with Gasteiger partial charge in [-0.05, 0) is 42.2 Å². The first-order valence-corrected chi connectivity index (χ1v) is 12.8. The van der Waals surface area contributed by atoms with Gasteiger partial charge in [0, 0.05) is 35.0 Å². The Balaban J connectivity index is 1.38. The van der Waals surface area contributed by atoms with Crippen LogP contribution in [0.2, 0.25) is 0 Å². The van der Waals surface area contributed by atoms with Crippen molar-refractivity contribution in [3.05, 3.63) is 67.1 Å². The summed E-state index contributed by atoms with van der Waals surface area (Å²) in [7, 11) is 1.49. The maximum Gasteiger partial charge on any atom is 0.159 e. The summed E-state index contributed by atoms with van der Waals surface area (Å²) >= 11 is 0. The molecule has 1 unspecified atom stereocenters. The number of rotatable bonds is 8. The number of benzene rings is 1. The lowest BCUT2D eigenvalue weighted by Crippen LogP contribution is -2.20. The smallest absolute Gasteiger partial charge is 0.159 e. The summed E-state index contributed by atoms with van der Waals surface area (Å²) in [6, 6.07) is 8.31. The van der Waals surface area contributed by atoms with E-state index in [0.29, 0.717) is 63.1 Å². The van der Waals surface area contributed by atoms with E-state index >= 15 is 0 Å². The van der Waals surface area contributed by atoms with E-state index in [2.05, 4.69) is 49.3 Å². The highest BCUT2D eigenvalue weighted by molar-refractivity contribution is 5.97. The SMILES string of the molecule is COc1cc(F)cc(-c2cncc3[nH]c(-c4n[nH]c5cnc(-c6cncc(NC(O)CC(C)C)c6)cc45)nc23)c1. The van der Waals surface area contributed by atoms with Gasteiger partial charge in [-0.1, -0.05) is 13.8 Å². The molecule has 0 saturated carbocycles. The molecule has 0 radical (unpaired) electrons. The van der Waals surface area contributed by atoms with Crippen molar-refractivity contribution in [2.75, 3.05) is 12.4 Å². The van der Waals surface area contributed by atoms with E-state index in [-0.39, 0.29) is 0 Å². The Morgan fingerprint density at radius 2 is 1.82 bits per heavy atom. The molecule has 0 fully saturated rings. The van der Waals surface area contributed by atoms with Crippen LogP contribution >= 0.6 is 0 Å². The van der Waals surface area contributed by atoms with Crippen LogP contribution in [0.5, 0.6) is 5.75 Å². The number of imidazole rings is 1. The van der Waals surface area contributed by atoms with Gasteiger partial charge in [-0.15, -0.1) is 0 Å². The van der Waals surface area contributed by atoms with Gasteiger partial charge >= 0.3 is 0 Å². The number of aromatic amines is 2. The highest BCUT2D eigenvalue weighted by Crippen LogP contribution is 2.33. The lowest BCUT2D eigenvalue weighted by Gasteiger charge is -2.16. The fourth-order valence-electron chi connectivity index (χ4n) is 4.70. The molecule has 4 N–H and O–H groups in total. The molecule has 10 nitrogen and oxygen atoms in total. The average molecular weight is 539 g/mol. The van der Waals surface area contributed by atoms with E-state index in [9.17, 15) is 9.50 Å². The first-order chi connectivity index (χ1) is 19.4. The first kappa shape index (κ1) is 25.4. The van der Waals surface area contributed by atoms with Gasteiger partial charge in [0.15, 0.2) is 5.82 Å². The Kier molecular flexibility index (Phi) is 6.56. The van der Waals surface area contributed by atoms with Gasteiger partial charge in [0.05, 0.1) is 53.6 Å². The largest absolute Gasteiger partial charge is 0.497 e. The molecular weight excluding hydrogens is 511 g/mol. The summed E-state index contributed by atoms with van der Waals surface area (Å²) in [6.45, 7) is 4.11. The number of nitrogens with one attached hydrogen (secondary N) is 3. The second kappa shape index (κ2) is 10.3. The number of H-pyrrole nitrogens is 2. The number of methoxy groups -OCH3 is 1. The topological polar surface area (TPSA) is 138 Å². The molecule has 0 aliphatic heterocycles. The Bertz CT molecular complexity index is 1830. The van der Waals surface area contributed by atoms with Gasteiger partial charge < -0.3 is 20.1 Å². The number of ether oxygens (including phenoxy) is 1. The predicted octanol–water partition coefficient (Wildman–Crippen LogP) is 5.55. The van der Waals surface area contributed by atoms with Gasteiger partial charge in [0.25, 0.3) is 0 Å². The maximum absolute atomic E-state index is 14.2. The molecular formula is C29H27FN8O2. The molecule has 202 valence electrons. The summed E-state index contributed by atoms with van der Waals surface area (Å²) in [6.07, 6.45) is 8.37. The van der Waals surface area contributed by atoms with Crippen molar-refractivity contribution < 1.29 is 14.2 Å². The van der Waals surface area contributed by atoms with Crippen LogP contribution in [0.15, 0.2) is 61.3 Å². The number of halogens is 1. The lowest BCUT2D eigenvalue weighted by atomic mass is 10.1. The fraction of sp³-hybridized carbons (Fsp3) is 0.207. The van der Waals surface area contributed by atoms with E-state index in [1.54, 1.807) is 37.1 Å². The first-order valence-electron chi connectivity index (χ1n) is 12.8. The van der Waals surface area contributed by atoms with Gasteiger partial charge in [0.2, 0.25) is 0 Å². The molecule has 40 heavy (non-hydrogen) atoms. The van der Waals surface area contributed by atoms with E-state index in [1.165, 1.54) is 19.2 Å². The fourth-order valence-corrected chi connectivity index (χ4v) is 4.70. The number of aromatic nitrogens is 7. The van der Waals surface area contributed by atoms with E-state index in [1.807, 2.05) is 12.1 Å². The van der Waals surface area contributed by atoms with Crippen LogP contribution in [0, 0.1) is 11.7 Å². The minimum absolute atomic E-state index is 0.351. The molecule has 5 heterocycles. The quantitative estimate of drug-likeness (QED) is 0.185. The predicted molar refractivity (Wildman–Crippen MR) is 151 cm³/mol. The molecule has 0 bridgehead atoms. The van der Waals surface area contributed by atoms with Crippen molar-refractivity contribution in [2.45, 2.75) is 26.5 Å². The zero-order valence-corrected chi connectivity index (χ0v) is 22.1. The van der Waals surface area contributed by atoms with Crippen LogP contribution < -0.4 is 10.1 Å². The lowest BCUT2D eigenvalue weighted by molar-refractivity contribution is 0.176. The zero-order valence-electron chi connectivity index (χ0n) is 22.1. The van der Waals surface area contributed by atoms with Crippen molar-refractivity contribution in [1.29, 1.82) is 0 Å². The molecule has 6 rings (SSSR count). The number of aliphatic hydroxyl groups is 1. The number of aliphatic hydroxyl groups excluding tert-OH is 1. The molecule has 11 heteroatoms. The Morgan fingerprint density at radius 1 is 0.975 bits per heavy atom. The molecule has 1 aromatic carbocycles. The molecule has 0 amide bonds. The molecule has 5 aromatic heterocycles. The maximum atomic E-state index is 14.2. The monoisotopic (exact) mass is 538 g/mol. The summed E-state index contributed by atoms with van der Waals surface area (Å²) in [5.41, 5.74) is 6.10. The van der Waals surface area contributed by atoms with E-state index in [0.717, 1.165) is 16.5 Å². The van der Waals surface area contributed by atoms with Crippen LogP contribution in [0.4, 0.5) is 10.1 Å². The van der Waals surface area contributed by atoms with Crippen LogP contribution in [0.25, 0.3) is 55.8 Å². The Morgan fingerprint density at radius 3 is 2.65 bits per heavy atom. The van der Waals surface area contributed by atoms with Crippen molar-refractivity contribution in [1.82, 2.24) is 35.1 Å². The number of pyridine rings is 3. The van der Waals surface area contributed by atoms with Crippen molar-refractivity contribution in [3.63, 3.8) is 0 Å². The normalized spacial score (nSPS) is 12.3. The van der Waals surface area contributed by atoms with Gasteiger partial charge in [-0.25, -0.2) is 9.37 Å². The zero-order chi connectivity index (χ0) is 27.8. The Labute approximate surface area is 228 Å². The third-order valence-electron chi connectivity index (χ3n) is 6.55. The van der Waals surface area contributed by atoms with Crippen LogP contribution in [-0.4, -0.2) is 53.6 Å². The van der Waals surface area contributed by atoms with Gasteiger partial charge in [-0.3, -0.25) is 20.1 Å². The molecule has 0 saturated heterocycles. The van der Waals surface area contributed by atoms with Crippen LogP contribution in [0.1, 0.15) is 20.3 Å². The van der Waals surface area contributed by atoms with Crippen LogP contribution in [-0.2, 0) is 0 Å². The minimum atomic E-state index is -0.672. The van der Waals surface area contributed by atoms with Crippen molar-refractivity contribution in [2.24, 2.45) is 5.92 Å². The number of fused-ring (bicyclic) bond motifs is 2. The average Bonchev–Trinajstić information content (AvgIpc) is 3.56. The number of hydrogen-bond acceptors (Lipinski definition) is 8. The number of nitrogens with zero attached hydrogens (tertiary/aromatic N) is 5. The molecule has 0 aliphatic carbocycles. The van der Waals surface area contributed by atoms with Crippen molar-refractivity contribution >= 4 is 27.6 Å². The molecule has 1 atom stereocenters. The molecule has 0 spiro atoms. The van der Waals surface area contributed by atoms with E-state index < -0.39 is 12.0 Å². The highest BCUT2D eigenvalue weighted by atomic mass is 19.1. The summed E-state index contributed by atoms with van der Waals surface area (Å²) in [4.78, 5) is 21.4. The standard InChI is InChI=1S/C29H27FN8O2/c1-15(2)4-26(39)34-19-6-17(10-31-11-19)23-9-21-24(14-33-23)37-38-28(21)29-35-25-13-32-12-22(27(25)36-29)16-5-18(30)8-20(7-16)40-3/h5-15,26,34,39H,4H2,1-3H3,(H,35,36)(H,37,38). The summed E-state index contributed by atoms with van der Waals surface area (Å²) in [5, 5.41) is 21.7. The summed E-state index contributed by atoms with van der Waals surface area (Å²) < 4.78 is 19.5. The van der Waals surface area contributed by atoms with Crippen LogP contribution in [0.3, 0.4) is 0 Å². The third kappa shape index (κ3) is 4.94. The summed E-state index contributed by atoms with van der Waals surface area (Å²) in [5.74, 6) is 0.873. The molecule has 0 aliphatic rings. The minimum Gasteiger partial charge on any atom is -0.497 e. The number of anilines is 1. The highest BCUT2D eigenvalue weighted by Gasteiger charge is 2.18. The van der Waals surface area contributed by atoms with Gasteiger partial charge in [-0.2, -0.15) is 5.10 Å². The van der Waals surface area contributed by atoms with E-state index in [4.69, 9.17) is 9.72 Å². The number of hydrogen-bond donors (Lipinski definition) is 4. The molecule has 6 aromatic rings. The van der Waals surface area contributed by atoms with Gasteiger partial charge in [0.1, 0.15) is 23.5 Å². The Hall–Kier alpha value is -4.90. The third-order valence-corrected chi connectivity index (χ3v) is 6.55. The van der Waals surface area contributed by atoms with Crippen molar-refractivity contribution in [3.8, 4) is 39.7 Å². The second-order valence-electron chi connectivity index (χ2n) is 9.99. The second-order valence-corrected chi connectivity index (χ2v) is 9.99.